The van der Waals surface area contributed by atoms with Crippen LogP contribution < -0.4 is 4.90 Å². The van der Waals surface area contributed by atoms with Crippen LogP contribution in [0.3, 0.4) is 0 Å². The van der Waals surface area contributed by atoms with Crippen LogP contribution in [0.15, 0.2) is 194 Å². The van der Waals surface area contributed by atoms with Gasteiger partial charge in [0.1, 0.15) is 0 Å². The number of aromatic nitrogens is 4. The fourth-order valence-corrected chi connectivity index (χ4v) is 9.38. The molecule has 2 aliphatic rings. The highest BCUT2D eigenvalue weighted by Crippen LogP contribution is 2.55. The summed E-state index contributed by atoms with van der Waals surface area (Å²) < 4.78 is 2.46. The zero-order chi connectivity index (χ0) is 38.2. The van der Waals surface area contributed by atoms with Gasteiger partial charge in [-0.15, -0.1) is 0 Å². The first-order valence-corrected chi connectivity index (χ1v) is 19.9. The Morgan fingerprint density at radius 1 is 0.466 bits per heavy atom. The van der Waals surface area contributed by atoms with Gasteiger partial charge in [-0.2, -0.15) is 0 Å². The summed E-state index contributed by atoms with van der Waals surface area (Å²) >= 11 is 0. The summed E-state index contributed by atoms with van der Waals surface area (Å²) in [6.07, 6.45) is 3.36. The van der Waals surface area contributed by atoms with Gasteiger partial charge >= 0.3 is 0 Å². The molecule has 0 saturated heterocycles. The molecule has 0 saturated carbocycles. The Bertz CT molecular complexity index is 3200. The molecule has 1 atom stereocenters. The molecular formula is C53H35N5. The zero-order valence-corrected chi connectivity index (χ0v) is 31.5. The standard InChI is InChI=1S/C53H35N5/c1-4-17-35(18-5-1)51-54-52(36-19-6-2-7-20-36)56-53(55-51)44-31-39(30-37-21-11-12-24-40(37)44)58-46-27-15-14-26-42(46)43-32-45-49(33-48(43)58)57(38-22-8-3-9-23-38)47-29-28-34-16-10-13-25-41(34)50(45)47/h1-31,33,45H,32H2. The Balaban J connectivity index is 1.11. The van der Waals surface area contributed by atoms with Gasteiger partial charge in [0.2, 0.25) is 0 Å². The van der Waals surface area contributed by atoms with Crippen LogP contribution in [-0.2, 0) is 6.42 Å². The molecule has 1 aliphatic carbocycles. The van der Waals surface area contributed by atoms with Crippen LogP contribution in [-0.4, -0.2) is 19.5 Å². The van der Waals surface area contributed by atoms with Crippen LogP contribution in [0.4, 0.5) is 11.4 Å². The zero-order valence-electron chi connectivity index (χ0n) is 31.5. The number of para-hydroxylation sites is 2. The minimum atomic E-state index is 0.207. The third-order valence-corrected chi connectivity index (χ3v) is 11.9. The monoisotopic (exact) mass is 741 g/mol. The summed E-state index contributed by atoms with van der Waals surface area (Å²) in [6.45, 7) is 0. The van der Waals surface area contributed by atoms with Crippen molar-refractivity contribution in [1.29, 1.82) is 0 Å². The van der Waals surface area contributed by atoms with Crippen molar-refractivity contribution in [1.82, 2.24) is 19.5 Å². The second-order valence-electron chi connectivity index (χ2n) is 15.2. The smallest absolute Gasteiger partial charge is 0.164 e. The maximum absolute atomic E-state index is 5.21. The van der Waals surface area contributed by atoms with Crippen molar-refractivity contribution in [3.05, 3.63) is 211 Å². The second-order valence-corrected chi connectivity index (χ2v) is 15.2. The minimum absolute atomic E-state index is 0.207. The van der Waals surface area contributed by atoms with E-state index in [-0.39, 0.29) is 5.92 Å². The molecule has 10 aromatic rings. The van der Waals surface area contributed by atoms with E-state index >= 15 is 0 Å². The number of rotatable bonds is 5. The molecule has 12 rings (SSSR count). The highest BCUT2D eigenvalue weighted by atomic mass is 15.2. The Labute approximate surface area is 335 Å². The van der Waals surface area contributed by atoms with Crippen LogP contribution in [0.25, 0.3) is 78.4 Å². The average molecular weight is 742 g/mol. The maximum Gasteiger partial charge on any atom is 0.164 e. The second kappa shape index (κ2) is 13.0. The van der Waals surface area contributed by atoms with E-state index in [2.05, 4.69) is 167 Å². The lowest BCUT2D eigenvalue weighted by atomic mass is 9.84. The lowest BCUT2D eigenvalue weighted by molar-refractivity contribution is 0.801. The van der Waals surface area contributed by atoms with Gasteiger partial charge in [-0.3, -0.25) is 0 Å². The molecule has 0 radical (unpaired) electrons. The third kappa shape index (κ3) is 5.07. The van der Waals surface area contributed by atoms with Gasteiger partial charge in [0.15, 0.2) is 17.5 Å². The number of nitrogens with zero attached hydrogens (tertiary/aromatic N) is 5. The van der Waals surface area contributed by atoms with Crippen molar-refractivity contribution in [2.75, 3.05) is 4.90 Å². The average Bonchev–Trinajstić information content (AvgIpc) is 3.80. The Morgan fingerprint density at radius 3 is 1.78 bits per heavy atom. The van der Waals surface area contributed by atoms with Crippen molar-refractivity contribution in [2.24, 2.45) is 0 Å². The lowest BCUT2D eigenvalue weighted by Crippen LogP contribution is -2.18. The summed E-state index contributed by atoms with van der Waals surface area (Å²) in [5.41, 5.74) is 12.8. The summed E-state index contributed by atoms with van der Waals surface area (Å²) in [7, 11) is 0. The van der Waals surface area contributed by atoms with Crippen LogP contribution in [0, 0.1) is 0 Å². The first kappa shape index (κ1) is 32.6. The Hall–Kier alpha value is -7.63. The maximum atomic E-state index is 5.21. The number of anilines is 2. The van der Waals surface area contributed by atoms with Crippen molar-refractivity contribution in [3.63, 3.8) is 0 Å². The molecule has 1 aliphatic heterocycles. The van der Waals surface area contributed by atoms with Crippen LogP contribution in [0.5, 0.6) is 0 Å². The SMILES string of the molecule is C1=C2C(Cc3c1n(-c1cc(-c4nc(-c5ccccc5)nc(-c5ccccc5)n4)c4ccccc4c1)c1ccccc31)c1c(ccc3ccccc13)N2c1ccccc1. The van der Waals surface area contributed by atoms with E-state index in [4.69, 9.17) is 15.0 Å². The number of benzene rings is 8. The molecule has 8 aromatic carbocycles. The molecule has 0 N–H and O–H groups in total. The number of hydrogen-bond donors (Lipinski definition) is 0. The van der Waals surface area contributed by atoms with E-state index in [0.717, 1.165) is 39.6 Å². The first-order chi connectivity index (χ1) is 28.8. The summed E-state index contributed by atoms with van der Waals surface area (Å²) in [5.74, 6) is 2.14. The van der Waals surface area contributed by atoms with Gasteiger partial charge in [-0.05, 0) is 81.6 Å². The molecule has 1 unspecified atom stereocenters. The number of hydrogen-bond acceptors (Lipinski definition) is 4. The van der Waals surface area contributed by atoms with Gasteiger partial charge in [0, 0.05) is 45.1 Å². The number of fused-ring (bicyclic) bond motifs is 9. The van der Waals surface area contributed by atoms with Crippen LogP contribution in [0.2, 0.25) is 0 Å². The molecule has 272 valence electrons. The highest BCUT2D eigenvalue weighted by Gasteiger charge is 2.40. The molecule has 2 aromatic heterocycles. The van der Waals surface area contributed by atoms with Gasteiger partial charge in [-0.25, -0.2) is 15.0 Å². The summed E-state index contributed by atoms with van der Waals surface area (Å²) in [6, 6.07) is 66.7. The molecule has 5 heteroatoms. The summed E-state index contributed by atoms with van der Waals surface area (Å²) in [4.78, 5) is 17.9. The normalized spacial score (nSPS) is 14.4. The predicted octanol–water partition coefficient (Wildman–Crippen LogP) is 13.0. The lowest BCUT2D eigenvalue weighted by Gasteiger charge is -2.27. The van der Waals surface area contributed by atoms with E-state index in [1.807, 2.05) is 36.4 Å². The molecule has 0 bridgehead atoms. The Kier molecular flexibility index (Phi) is 7.29. The fraction of sp³-hybridized carbons (Fsp3) is 0.0377. The van der Waals surface area contributed by atoms with Gasteiger partial charge in [0.25, 0.3) is 0 Å². The first-order valence-electron chi connectivity index (χ1n) is 19.9. The summed E-state index contributed by atoms with van der Waals surface area (Å²) in [5, 5.41) is 6.09. The fourth-order valence-electron chi connectivity index (χ4n) is 9.38. The van der Waals surface area contributed by atoms with E-state index in [1.165, 1.54) is 55.6 Å². The van der Waals surface area contributed by atoms with Crippen molar-refractivity contribution >= 4 is 49.9 Å². The van der Waals surface area contributed by atoms with Crippen molar-refractivity contribution in [2.45, 2.75) is 12.3 Å². The third-order valence-electron chi connectivity index (χ3n) is 11.9. The van der Waals surface area contributed by atoms with E-state index in [0.29, 0.717) is 17.5 Å². The van der Waals surface area contributed by atoms with E-state index in [1.54, 1.807) is 0 Å². The molecule has 3 heterocycles. The van der Waals surface area contributed by atoms with Gasteiger partial charge < -0.3 is 9.47 Å². The minimum Gasteiger partial charge on any atom is -0.313 e. The molecule has 0 fully saturated rings. The molecular weight excluding hydrogens is 707 g/mol. The van der Waals surface area contributed by atoms with Gasteiger partial charge in [0.05, 0.1) is 16.9 Å². The Morgan fingerprint density at radius 2 is 1.05 bits per heavy atom. The van der Waals surface area contributed by atoms with Crippen LogP contribution in [0.1, 0.15) is 22.7 Å². The molecule has 0 spiro atoms. The topological polar surface area (TPSA) is 46.8 Å². The quantitative estimate of drug-likeness (QED) is 0.176. The molecule has 58 heavy (non-hydrogen) atoms. The largest absolute Gasteiger partial charge is 0.313 e. The predicted molar refractivity (Wildman–Crippen MR) is 237 cm³/mol. The van der Waals surface area contributed by atoms with E-state index in [9.17, 15) is 0 Å². The molecule has 0 amide bonds. The highest BCUT2D eigenvalue weighted by molar-refractivity contribution is 6.01. The van der Waals surface area contributed by atoms with E-state index < -0.39 is 0 Å². The molecule has 5 nitrogen and oxygen atoms in total. The number of allylic oxidation sites excluding steroid dienone is 1. The van der Waals surface area contributed by atoms with Gasteiger partial charge in [-0.1, -0.05) is 152 Å². The van der Waals surface area contributed by atoms with Crippen LogP contribution >= 0.6 is 0 Å². The van der Waals surface area contributed by atoms with Crippen molar-refractivity contribution in [3.8, 4) is 39.9 Å². The van der Waals surface area contributed by atoms with Crippen molar-refractivity contribution < 1.29 is 0 Å².